The zero-order valence-electron chi connectivity index (χ0n) is 18.7. The maximum atomic E-state index is 11.8. The Morgan fingerprint density at radius 3 is 2.58 bits per heavy atom. The first-order chi connectivity index (χ1) is 16.1. The number of ether oxygens (including phenoxy) is 5. The van der Waals surface area contributed by atoms with Crippen LogP contribution < -0.4 is 9.47 Å². The van der Waals surface area contributed by atoms with Crippen molar-refractivity contribution in [1.29, 1.82) is 0 Å². The van der Waals surface area contributed by atoms with Gasteiger partial charge in [-0.3, -0.25) is 4.68 Å². The van der Waals surface area contributed by atoms with Gasteiger partial charge in [-0.15, -0.1) is 0 Å². The van der Waals surface area contributed by atoms with Crippen LogP contribution in [-0.2, 0) is 27.9 Å². The summed E-state index contributed by atoms with van der Waals surface area (Å²) in [5, 5.41) is 4.27. The van der Waals surface area contributed by atoms with Gasteiger partial charge in [0.05, 0.1) is 33.0 Å². The first-order valence-corrected chi connectivity index (χ1v) is 10.3. The van der Waals surface area contributed by atoms with Gasteiger partial charge in [0.2, 0.25) is 0 Å². The molecule has 1 aliphatic heterocycles. The van der Waals surface area contributed by atoms with E-state index < -0.39 is 12.3 Å². The zero-order chi connectivity index (χ0) is 23.2. The highest BCUT2D eigenvalue weighted by molar-refractivity contribution is 5.87. The van der Waals surface area contributed by atoms with E-state index >= 15 is 0 Å². The van der Waals surface area contributed by atoms with E-state index in [0.717, 1.165) is 16.9 Å². The lowest BCUT2D eigenvalue weighted by Gasteiger charge is -2.17. The molecule has 1 aliphatic rings. The Balaban J connectivity index is 1.62. The summed E-state index contributed by atoms with van der Waals surface area (Å²) in [6.45, 7) is 1.35. The SMILES string of the molecule is COC(=O)c1cc(C#Cc2cccc(OCc3ccc(OC)cc3)c2C2OCCO2)nn1C. The molecule has 2 heterocycles. The van der Waals surface area contributed by atoms with Crippen molar-refractivity contribution in [2.75, 3.05) is 27.4 Å². The zero-order valence-corrected chi connectivity index (χ0v) is 18.7. The normalized spacial score (nSPS) is 13.3. The van der Waals surface area contributed by atoms with Crippen molar-refractivity contribution in [1.82, 2.24) is 9.78 Å². The van der Waals surface area contributed by atoms with Crippen LogP contribution in [0.3, 0.4) is 0 Å². The second kappa shape index (κ2) is 10.2. The number of aryl methyl sites for hydroxylation is 1. The molecule has 0 saturated carbocycles. The van der Waals surface area contributed by atoms with Crippen LogP contribution in [0.2, 0.25) is 0 Å². The Hall–Kier alpha value is -3.80. The summed E-state index contributed by atoms with van der Waals surface area (Å²) >= 11 is 0. The van der Waals surface area contributed by atoms with E-state index in [4.69, 9.17) is 23.7 Å². The molecular formula is C25H24N2O6. The van der Waals surface area contributed by atoms with Gasteiger partial charge in [0, 0.05) is 18.7 Å². The molecule has 1 aromatic heterocycles. The number of benzene rings is 2. The largest absolute Gasteiger partial charge is 0.497 e. The number of carbonyl (C=O) groups excluding carboxylic acids is 1. The molecule has 2 aromatic carbocycles. The molecule has 0 unspecified atom stereocenters. The lowest BCUT2D eigenvalue weighted by Crippen LogP contribution is -2.07. The summed E-state index contributed by atoms with van der Waals surface area (Å²) in [4.78, 5) is 11.8. The molecule has 0 N–H and O–H groups in total. The van der Waals surface area contributed by atoms with Crippen LogP contribution in [0.15, 0.2) is 48.5 Å². The minimum absolute atomic E-state index is 0.320. The molecule has 1 saturated heterocycles. The van der Waals surface area contributed by atoms with Crippen LogP contribution in [0.5, 0.6) is 11.5 Å². The van der Waals surface area contributed by atoms with Crippen molar-refractivity contribution in [3.63, 3.8) is 0 Å². The van der Waals surface area contributed by atoms with Crippen LogP contribution in [0.1, 0.15) is 39.2 Å². The monoisotopic (exact) mass is 448 g/mol. The highest BCUT2D eigenvalue weighted by Crippen LogP contribution is 2.34. The predicted molar refractivity (Wildman–Crippen MR) is 119 cm³/mol. The van der Waals surface area contributed by atoms with Crippen molar-refractivity contribution < 1.29 is 28.5 Å². The molecule has 1 fully saturated rings. The third kappa shape index (κ3) is 5.17. The maximum absolute atomic E-state index is 11.8. The molecule has 0 radical (unpaired) electrons. The molecule has 33 heavy (non-hydrogen) atoms. The molecule has 8 heteroatoms. The van der Waals surface area contributed by atoms with E-state index in [1.54, 1.807) is 20.2 Å². The second-order valence-electron chi connectivity index (χ2n) is 7.21. The highest BCUT2D eigenvalue weighted by atomic mass is 16.7. The fraction of sp³-hybridized carbons (Fsp3) is 0.280. The van der Waals surface area contributed by atoms with Gasteiger partial charge in [-0.2, -0.15) is 5.10 Å². The lowest BCUT2D eigenvalue weighted by atomic mass is 10.1. The number of esters is 1. The quantitative estimate of drug-likeness (QED) is 0.423. The Labute approximate surface area is 192 Å². The molecule has 4 rings (SSSR count). The van der Waals surface area contributed by atoms with Crippen LogP contribution >= 0.6 is 0 Å². The molecule has 170 valence electrons. The lowest BCUT2D eigenvalue weighted by molar-refractivity contribution is -0.0460. The Morgan fingerprint density at radius 2 is 1.88 bits per heavy atom. The minimum Gasteiger partial charge on any atom is -0.497 e. The van der Waals surface area contributed by atoms with E-state index in [1.807, 2.05) is 42.5 Å². The van der Waals surface area contributed by atoms with E-state index in [2.05, 4.69) is 16.9 Å². The molecule has 0 aliphatic carbocycles. The summed E-state index contributed by atoms with van der Waals surface area (Å²) in [6.07, 6.45) is -0.573. The molecule has 0 atom stereocenters. The summed E-state index contributed by atoms with van der Waals surface area (Å²) in [6, 6.07) is 14.9. The van der Waals surface area contributed by atoms with Crippen molar-refractivity contribution in [3.05, 3.63) is 76.6 Å². The van der Waals surface area contributed by atoms with E-state index in [9.17, 15) is 4.79 Å². The molecule has 8 nitrogen and oxygen atoms in total. The van der Waals surface area contributed by atoms with E-state index in [0.29, 0.717) is 42.5 Å². The third-order valence-corrected chi connectivity index (χ3v) is 5.08. The summed E-state index contributed by atoms with van der Waals surface area (Å²) < 4.78 is 29.0. The first kappa shape index (κ1) is 22.4. The average molecular weight is 448 g/mol. The topological polar surface area (TPSA) is 81.0 Å². The van der Waals surface area contributed by atoms with Crippen molar-refractivity contribution >= 4 is 5.97 Å². The predicted octanol–water partition coefficient (Wildman–Crippen LogP) is 3.24. The molecule has 0 bridgehead atoms. The standard InChI is InChI=1S/C25H24N2O6/c1-27-21(24(28)30-3)15-19(26-27)10-9-18-5-4-6-22(23(18)25-31-13-14-32-25)33-16-17-7-11-20(29-2)12-8-17/h4-8,11-12,15,25H,13-14,16H2,1-3H3. The number of hydrogen-bond acceptors (Lipinski definition) is 7. The Bertz CT molecular complexity index is 1180. The van der Waals surface area contributed by atoms with E-state index in [1.165, 1.54) is 11.8 Å². The average Bonchev–Trinajstić information content (AvgIpc) is 3.51. The summed E-state index contributed by atoms with van der Waals surface area (Å²) in [7, 11) is 4.62. The number of hydrogen-bond donors (Lipinski definition) is 0. The van der Waals surface area contributed by atoms with Gasteiger partial charge in [-0.1, -0.05) is 24.1 Å². The van der Waals surface area contributed by atoms with Crippen molar-refractivity contribution in [3.8, 4) is 23.3 Å². The highest BCUT2D eigenvalue weighted by Gasteiger charge is 2.25. The van der Waals surface area contributed by atoms with Gasteiger partial charge in [0.15, 0.2) is 6.29 Å². The molecule has 0 spiro atoms. The van der Waals surface area contributed by atoms with E-state index in [-0.39, 0.29) is 0 Å². The van der Waals surface area contributed by atoms with Crippen LogP contribution in [0.4, 0.5) is 0 Å². The summed E-state index contributed by atoms with van der Waals surface area (Å²) in [5.41, 5.74) is 3.18. The maximum Gasteiger partial charge on any atom is 0.356 e. The van der Waals surface area contributed by atoms with Crippen LogP contribution in [0.25, 0.3) is 0 Å². The second-order valence-corrected chi connectivity index (χ2v) is 7.21. The fourth-order valence-corrected chi connectivity index (χ4v) is 3.39. The number of rotatable bonds is 6. The minimum atomic E-state index is -0.573. The summed E-state index contributed by atoms with van der Waals surface area (Å²) in [5.74, 6) is 7.07. The molecule has 0 amide bonds. The number of aromatic nitrogens is 2. The Kier molecular flexibility index (Phi) is 6.93. The van der Waals surface area contributed by atoms with Crippen molar-refractivity contribution in [2.45, 2.75) is 12.9 Å². The van der Waals surface area contributed by atoms with Gasteiger partial charge in [-0.05, 0) is 35.7 Å². The molecular weight excluding hydrogens is 424 g/mol. The van der Waals surface area contributed by atoms with Gasteiger partial charge in [-0.25, -0.2) is 4.79 Å². The van der Waals surface area contributed by atoms with Crippen LogP contribution in [0, 0.1) is 11.8 Å². The van der Waals surface area contributed by atoms with Crippen LogP contribution in [-0.4, -0.2) is 43.2 Å². The number of methoxy groups -OCH3 is 2. The van der Waals surface area contributed by atoms with Gasteiger partial charge >= 0.3 is 5.97 Å². The third-order valence-electron chi connectivity index (χ3n) is 5.08. The van der Waals surface area contributed by atoms with Gasteiger partial charge in [0.1, 0.15) is 29.5 Å². The smallest absolute Gasteiger partial charge is 0.356 e. The van der Waals surface area contributed by atoms with Gasteiger partial charge < -0.3 is 23.7 Å². The number of carbonyl (C=O) groups is 1. The number of nitrogens with zero attached hydrogens (tertiary/aromatic N) is 2. The Morgan fingerprint density at radius 1 is 1.12 bits per heavy atom. The fourth-order valence-electron chi connectivity index (χ4n) is 3.39. The first-order valence-electron chi connectivity index (χ1n) is 10.3. The molecule has 3 aromatic rings. The van der Waals surface area contributed by atoms with Crippen molar-refractivity contribution in [2.24, 2.45) is 7.05 Å². The van der Waals surface area contributed by atoms with Gasteiger partial charge in [0.25, 0.3) is 0 Å².